The number of aryl methyl sites for hydroxylation is 1. The molecule has 0 aliphatic heterocycles. The van der Waals surface area contributed by atoms with Crippen LogP contribution >= 0.6 is 0 Å². The van der Waals surface area contributed by atoms with Gasteiger partial charge in [0.05, 0.1) is 5.60 Å². The van der Waals surface area contributed by atoms with E-state index >= 15 is 0 Å². The number of rotatable bonds is 8. The van der Waals surface area contributed by atoms with Gasteiger partial charge in [-0.15, -0.1) is 0 Å². The van der Waals surface area contributed by atoms with Gasteiger partial charge in [0, 0.05) is 18.4 Å². The summed E-state index contributed by atoms with van der Waals surface area (Å²) in [5, 5.41) is 27.7. The molecule has 7 nitrogen and oxygen atoms in total. The monoisotopic (exact) mass is 505 g/mol. The van der Waals surface area contributed by atoms with E-state index in [2.05, 4.69) is 34.1 Å². The van der Waals surface area contributed by atoms with E-state index in [9.17, 15) is 10.2 Å². The summed E-state index contributed by atoms with van der Waals surface area (Å²) in [4.78, 5) is 6.51. The topological polar surface area (TPSA) is 91.8 Å². The van der Waals surface area contributed by atoms with Gasteiger partial charge in [0.25, 0.3) is 0 Å². The van der Waals surface area contributed by atoms with Gasteiger partial charge in [-0.2, -0.15) is 4.98 Å². The molecule has 1 heterocycles. The lowest BCUT2D eigenvalue weighted by Gasteiger charge is -2.59. The lowest BCUT2D eigenvalue weighted by molar-refractivity contribution is -0.205. The van der Waals surface area contributed by atoms with Gasteiger partial charge in [-0.1, -0.05) is 48.5 Å². The third kappa shape index (κ3) is 4.69. The Labute approximate surface area is 219 Å². The van der Waals surface area contributed by atoms with Crippen LogP contribution in [-0.4, -0.2) is 51.5 Å². The van der Waals surface area contributed by atoms with E-state index in [1.165, 1.54) is 11.1 Å². The van der Waals surface area contributed by atoms with Crippen LogP contribution in [0.4, 0.5) is 0 Å². The van der Waals surface area contributed by atoms with Crippen molar-refractivity contribution in [3.05, 3.63) is 76.9 Å². The van der Waals surface area contributed by atoms with E-state index in [4.69, 9.17) is 9.26 Å². The Morgan fingerprint density at radius 2 is 1.92 bits per heavy atom. The minimum Gasteiger partial charge on any atom is -0.485 e. The molecule has 0 unspecified atom stereocenters. The second-order valence-corrected chi connectivity index (χ2v) is 11.4. The number of ether oxygens (including phenoxy) is 1. The highest BCUT2D eigenvalue weighted by molar-refractivity contribution is 5.45. The number of benzene rings is 2. The zero-order valence-electron chi connectivity index (χ0n) is 22.4. The molecular weight excluding hydrogens is 466 g/mol. The highest BCUT2D eigenvalue weighted by Crippen LogP contribution is 2.60. The molecule has 7 heteroatoms. The normalized spacial score (nSPS) is 29.1. The zero-order valence-corrected chi connectivity index (χ0v) is 22.4. The highest BCUT2D eigenvalue weighted by Gasteiger charge is 2.60. The predicted molar refractivity (Wildman–Crippen MR) is 141 cm³/mol. The fourth-order valence-electron chi connectivity index (χ4n) is 6.72. The second-order valence-electron chi connectivity index (χ2n) is 11.4. The van der Waals surface area contributed by atoms with Crippen molar-refractivity contribution in [1.82, 2.24) is 15.0 Å². The third-order valence-corrected chi connectivity index (χ3v) is 8.78. The molecule has 0 radical (unpaired) electrons. The number of likely N-dealkylation sites (N-methyl/N-ethyl adjacent to an activating group) is 1. The lowest BCUT2D eigenvalue weighted by atomic mass is 9.49. The maximum Gasteiger partial charge on any atom is 0.228 e. The first-order chi connectivity index (χ1) is 17.7. The minimum atomic E-state index is -1.27. The number of aliphatic hydroxyl groups is 2. The molecule has 4 atom stereocenters. The Bertz CT molecular complexity index is 1220. The van der Waals surface area contributed by atoms with Crippen LogP contribution in [0.2, 0.25) is 0 Å². The van der Waals surface area contributed by atoms with Crippen LogP contribution in [0.1, 0.15) is 67.9 Å². The Kier molecular flexibility index (Phi) is 6.90. The second kappa shape index (κ2) is 9.86. The van der Waals surface area contributed by atoms with Crippen molar-refractivity contribution in [2.45, 2.75) is 75.6 Å². The molecule has 1 fully saturated rings. The number of aromatic nitrogens is 2. The average molecular weight is 506 g/mol. The van der Waals surface area contributed by atoms with Crippen molar-refractivity contribution in [3.8, 4) is 5.75 Å². The smallest absolute Gasteiger partial charge is 0.228 e. The summed E-state index contributed by atoms with van der Waals surface area (Å²) in [7, 11) is 4.03. The molecule has 2 N–H and O–H groups in total. The summed E-state index contributed by atoms with van der Waals surface area (Å²) in [6.07, 6.45) is 4.56. The van der Waals surface area contributed by atoms with Gasteiger partial charge >= 0.3 is 0 Å². The largest absolute Gasteiger partial charge is 0.485 e. The minimum absolute atomic E-state index is 0.189. The first kappa shape index (κ1) is 25.9. The van der Waals surface area contributed by atoms with Crippen LogP contribution in [-0.2, 0) is 30.5 Å². The molecule has 198 valence electrons. The molecule has 0 saturated heterocycles. The predicted octanol–water partition coefficient (Wildman–Crippen LogP) is 4.40. The van der Waals surface area contributed by atoms with Crippen molar-refractivity contribution in [2.75, 3.05) is 20.6 Å². The number of hydrogen-bond donors (Lipinski definition) is 2. The third-order valence-electron chi connectivity index (χ3n) is 8.78. The Hall–Kier alpha value is -2.74. The van der Waals surface area contributed by atoms with Crippen molar-refractivity contribution < 1.29 is 19.5 Å². The Morgan fingerprint density at radius 1 is 1.14 bits per heavy atom. The Morgan fingerprint density at radius 3 is 2.65 bits per heavy atom. The van der Waals surface area contributed by atoms with E-state index in [1.54, 1.807) is 6.92 Å². The highest BCUT2D eigenvalue weighted by atomic mass is 16.5. The van der Waals surface area contributed by atoms with E-state index in [-0.39, 0.29) is 17.9 Å². The first-order valence-corrected chi connectivity index (χ1v) is 13.4. The molecule has 1 saturated carbocycles. The van der Waals surface area contributed by atoms with Gasteiger partial charge in [-0.3, -0.25) is 0 Å². The van der Waals surface area contributed by atoms with Crippen LogP contribution in [0.15, 0.2) is 53.1 Å². The molecule has 3 aromatic rings. The van der Waals surface area contributed by atoms with Gasteiger partial charge in [-0.25, -0.2) is 0 Å². The molecule has 0 bridgehead atoms. The van der Waals surface area contributed by atoms with E-state index in [0.29, 0.717) is 31.0 Å². The molecule has 1 aromatic heterocycles. The molecule has 2 aromatic carbocycles. The van der Waals surface area contributed by atoms with Crippen LogP contribution < -0.4 is 4.74 Å². The van der Waals surface area contributed by atoms with Gasteiger partial charge < -0.3 is 24.4 Å². The van der Waals surface area contributed by atoms with Crippen LogP contribution in [0.25, 0.3) is 0 Å². The summed E-state index contributed by atoms with van der Waals surface area (Å²) >= 11 is 0. The lowest BCUT2D eigenvalue weighted by Crippen LogP contribution is -2.62. The standard InChI is InChI=1S/C30H39N3O4/c1-5-29-20-28(2,34)30(35,22-9-7-6-8-10-22)18-23(29)12-11-21-17-24(13-14-25(21)29)36-19-26-31-27(37-32-26)15-16-33(3)4/h6-10,13-14,17,23,34-35H,5,11-12,15-16,18-20H2,1-4H3/t23-,28-,29-,30-/m1/s1. The SMILES string of the molecule is CC[C@@]12C[C@@](C)(O)[C@](O)(c3ccccc3)C[C@H]1CCc1cc(OCc3noc(CCN(C)C)n3)ccc12. The van der Waals surface area contributed by atoms with Crippen LogP contribution in [0.5, 0.6) is 5.75 Å². The van der Waals surface area contributed by atoms with Gasteiger partial charge in [0.15, 0.2) is 6.61 Å². The fraction of sp³-hybridized carbons (Fsp3) is 0.533. The number of nitrogens with zero attached hydrogens (tertiary/aromatic N) is 3. The summed E-state index contributed by atoms with van der Waals surface area (Å²) in [6.45, 7) is 5.12. The zero-order chi connectivity index (χ0) is 26.3. The molecule has 2 aliphatic rings. The van der Waals surface area contributed by atoms with E-state index in [1.807, 2.05) is 50.5 Å². The maximum absolute atomic E-state index is 11.9. The number of hydrogen-bond acceptors (Lipinski definition) is 7. The number of fused-ring (bicyclic) bond motifs is 3. The average Bonchev–Trinajstić information content (AvgIpc) is 3.35. The summed E-state index contributed by atoms with van der Waals surface area (Å²) < 4.78 is 11.4. The van der Waals surface area contributed by atoms with Crippen LogP contribution in [0.3, 0.4) is 0 Å². The van der Waals surface area contributed by atoms with Crippen LogP contribution in [0, 0.1) is 5.92 Å². The van der Waals surface area contributed by atoms with E-state index in [0.717, 1.165) is 37.1 Å². The van der Waals surface area contributed by atoms with E-state index < -0.39 is 11.2 Å². The first-order valence-electron chi connectivity index (χ1n) is 13.4. The van der Waals surface area contributed by atoms with Crippen molar-refractivity contribution in [2.24, 2.45) is 5.92 Å². The summed E-state index contributed by atoms with van der Waals surface area (Å²) in [6, 6.07) is 16.0. The molecule has 2 aliphatic carbocycles. The summed E-state index contributed by atoms with van der Waals surface area (Å²) in [5.74, 6) is 2.22. The summed E-state index contributed by atoms with van der Waals surface area (Å²) in [5.41, 5.74) is 0.620. The van der Waals surface area contributed by atoms with Gasteiger partial charge in [0.2, 0.25) is 11.7 Å². The maximum atomic E-state index is 11.9. The molecule has 5 rings (SSSR count). The molecular formula is C30H39N3O4. The van der Waals surface area contributed by atoms with Crippen molar-refractivity contribution in [1.29, 1.82) is 0 Å². The Balaban J connectivity index is 1.35. The molecule has 0 spiro atoms. The van der Waals surface area contributed by atoms with Gasteiger partial charge in [0.1, 0.15) is 11.4 Å². The van der Waals surface area contributed by atoms with Gasteiger partial charge in [-0.05, 0) is 87.9 Å². The molecule has 37 heavy (non-hydrogen) atoms. The van der Waals surface area contributed by atoms with Crippen molar-refractivity contribution >= 4 is 0 Å². The molecule has 0 amide bonds. The van der Waals surface area contributed by atoms with Crippen molar-refractivity contribution in [3.63, 3.8) is 0 Å². The quantitative estimate of drug-likeness (QED) is 0.469. The fourth-order valence-corrected chi connectivity index (χ4v) is 6.72.